The summed E-state index contributed by atoms with van der Waals surface area (Å²) < 4.78 is 28.8. The fraction of sp³-hybridized carbons (Fsp3) is 0.435. The van der Waals surface area contributed by atoms with Gasteiger partial charge in [-0.2, -0.15) is 0 Å². The molecule has 1 aliphatic heterocycles. The molecule has 1 aliphatic carbocycles. The van der Waals surface area contributed by atoms with E-state index in [2.05, 4.69) is 9.62 Å². The van der Waals surface area contributed by atoms with E-state index in [4.69, 9.17) is 0 Å². The molecular weight excluding hydrogens is 384 g/mol. The number of hydrogen-bond acceptors (Lipinski definition) is 4. The quantitative estimate of drug-likeness (QED) is 0.800. The lowest BCUT2D eigenvalue weighted by Crippen LogP contribution is -2.46. The summed E-state index contributed by atoms with van der Waals surface area (Å²) in [6.07, 6.45) is 5.57. The lowest BCUT2D eigenvalue weighted by molar-refractivity contribution is -0.126. The van der Waals surface area contributed by atoms with Crippen LogP contribution in [0.25, 0.3) is 0 Å². The fourth-order valence-electron chi connectivity index (χ4n) is 4.65. The van der Waals surface area contributed by atoms with Crippen molar-refractivity contribution in [2.75, 3.05) is 17.8 Å². The smallest absolute Gasteiger partial charge is 0.262 e. The zero-order chi connectivity index (χ0) is 20.3. The third-order valence-electron chi connectivity index (χ3n) is 6.17. The summed E-state index contributed by atoms with van der Waals surface area (Å²) in [4.78, 5) is 14.9. The van der Waals surface area contributed by atoms with E-state index in [1.165, 1.54) is 0 Å². The molecule has 4 rings (SSSR count). The van der Waals surface area contributed by atoms with Crippen LogP contribution in [0.2, 0.25) is 0 Å². The average molecular weight is 413 g/mol. The molecule has 1 saturated heterocycles. The zero-order valence-corrected chi connectivity index (χ0v) is 17.4. The van der Waals surface area contributed by atoms with Gasteiger partial charge >= 0.3 is 0 Å². The van der Waals surface area contributed by atoms with Crippen molar-refractivity contribution in [2.24, 2.45) is 0 Å². The van der Waals surface area contributed by atoms with E-state index in [0.717, 1.165) is 50.8 Å². The van der Waals surface area contributed by atoms with Crippen LogP contribution in [0.5, 0.6) is 0 Å². The van der Waals surface area contributed by atoms with Crippen molar-refractivity contribution in [1.82, 2.24) is 4.90 Å². The first-order chi connectivity index (χ1) is 14.0. The second-order valence-corrected chi connectivity index (χ2v) is 9.70. The van der Waals surface area contributed by atoms with Gasteiger partial charge in [-0.25, -0.2) is 8.42 Å². The van der Waals surface area contributed by atoms with E-state index in [1.807, 2.05) is 30.3 Å². The van der Waals surface area contributed by atoms with Crippen LogP contribution in [0.3, 0.4) is 0 Å². The highest BCUT2D eigenvalue weighted by molar-refractivity contribution is 7.92. The molecule has 29 heavy (non-hydrogen) atoms. The molecule has 2 aliphatic rings. The van der Waals surface area contributed by atoms with Gasteiger partial charge in [0.1, 0.15) is 5.78 Å². The lowest BCUT2D eigenvalue weighted by atomic mass is 9.86. The minimum absolute atomic E-state index is 0.0726. The number of Topliss-reactive ketones (excluding diaryl/α,β-unsaturated/α-hetero) is 1. The second kappa shape index (κ2) is 8.67. The van der Waals surface area contributed by atoms with Crippen molar-refractivity contribution < 1.29 is 13.2 Å². The first-order valence-corrected chi connectivity index (χ1v) is 12.0. The first-order valence-electron chi connectivity index (χ1n) is 10.5. The van der Waals surface area contributed by atoms with Crippen LogP contribution in [-0.4, -0.2) is 38.2 Å². The molecule has 1 heterocycles. The van der Waals surface area contributed by atoms with Crippen LogP contribution in [0, 0.1) is 0 Å². The van der Waals surface area contributed by atoms with Crippen molar-refractivity contribution in [3.05, 3.63) is 60.2 Å². The fourth-order valence-corrected chi connectivity index (χ4v) is 6.01. The van der Waals surface area contributed by atoms with Gasteiger partial charge in [0.25, 0.3) is 10.0 Å². The minimum atomic E-state index is -3.65. The van der Waals surface area contributed by atoms with Crippen molar-refractivity contribution >= 4 is 21.5 Å². The number of anilines is 1. The summed E-state index contributed by atoms with van der Waals surface area (Å²) >= 11 is 0. The predicted octanol–water partition coefficient (Wildman–Crippen LogP) is 4.18. The number of rotatable bonds is 5. The number of benzene rings is 2. The molecule has 1 unspecified atom stereocenters. The Morgan fingerprint density at radius 1 is 0.862 bits per heavy atom. The SMILES string of the molecule is O=C1CCCCC1N1CCC(c2ccccc2S(=O)(=O)Nc2ccccc2)CC1. The van der Waals surface area contributed by atoms with Gasteiger partial charge < -0.3 is 0 Å². The van der Waals surface area contributed by atoms with E-state index >= 15 is 0 Å². The topological polar surface area (TPSA) is 66.5 Å². The Bertz CT molecular complexity index is 951. The van der Waals surface area contributed by atoms with Crippen molar-refractivity contribution in [2.45, 2.75) is 55.4 Å². The Labute approximate surface area is 173 Å². The summed E-state index contributed by atoms with van der Waals surface area (Å²) in [5.74, 6) is 0.568. The molecule has 1 N–H and O–H groups in total. The van der Waals surface area contributed by atoms with Gasteiger partial charge in [0, 0.05) is 12.1 Å². The number of likely N-dealkylation sites (tertiary alicyclic amines) is 1. The van der Waals surface area contributed by atoms with E-state index in [0.29, 0.717) is 22.8 Å². The van der Waals surface area contributed by atoms with Crippen LogP contribution in [0.1, 0.15) is 50.0 Å². The van der Waals surface area contributed by atoms with Crippen LogP contribution in [0.4, 0.5) is 5.69 Å². The highest BCUT2D eigenvalue weighted by Gasteiger charge is 2.33. The van der Waals surface area contributed by atoms with Gasteiger partial charge in [-0.05, 0) is 68.5 Å². The van der Waals surface area contributed by atoms with E-state index in [-0.39, 0.29) is 12.0 Å². The highest BCUT2D eigenvalue weighted by atomic mass is 32.2. The molecule has 1 atom stereocenters. The number of nitrogens with zero attached hydrogens (tertiary/aromatic N) is 1. The molecule has 2 fully saturated rings. The zero-order valence-electron chi connectivity index (χ0n) is 16.6. The second-order valence-electron chi connectivity index (χ2n) is 8.05. The molecule has 5 nitrogen and oxygen atoms in total. The Balaban J connectivity index is 1.50. The van der Waals surface area contributed by atoms with Crippen LogP contribution in [-0.2, 0) is 14.8 Å². The number of nitrogens with one attached hydrogen (secondary N) is 1. The molecular formula is C23H28N2O3S. The molecule has 0 amide bonds. The molecule has 0 bridgehead atoms. The Hall–Kier alpha value is -2.18. The summed E-state index contributed by atoms with van der Waals surface area (Å²) in [5.41, 5.74) is 1.44. The van der Waals surface area contributed by atoms with Gasteiger partial charge in [0.15, 0.2) is 0 Å². The average Bonchev–Trinajstić information content (AvgIpc) is 2.75. The number of para-hydroxylation sites is 1. The summed E-state index contributed by atoms with van der Waals surface area (Å²) in [5, 5.41) is 0. The number of sulfonamides is 1. The molecule has 2 aromatic carbocycles. The maximum Gasteiger partial charge on any atom is 0.262 e. The minimum Gasteiger partial charge on any atom is -0.298 e. The molecule has 1 saturated carbocycles. The standard InChI is InChI=1S/C23H28N2O3S/c26-22-12-6-5-11-21(22)25-16-14-18(15-17-25)20-10-4-7-13-23(20)29(27,28)24-19-8-2-1-3-9-19/h1-4,7-10,13,18,21,24H,5-6,11-12,14-17H2. The van der Waals surface area contributed by atoms with Crippen molar-refractivity contribution in [1.29, 1.82) is 0 Å². The van der Waals surface area contributed by atoms with Crippen molar-refractivity contribution in [3.8, 4) is 0 Å². The van der Waals surface area contributed by atoms with Gasteiger partial charge in [-0.15, -0.1) is 0 Å². The third kappa shape index (κ3) is 4.54. The molecule has 6 heteroatoms. The number of carbonyl (C=O) groups is 1. The first kappa shape index (κ1) is 20.1. The van der Waals surface area contributed by atoms with E-state index in [1.54, 1.807) is 24.3 Å². The van der Waals surface area contributed by atoms with Crippen molar-refractivity contribution in [3.63, 3.8) is 0 Å². The molecule has 0 spiro atoms. The molecule has 0 radical (unpaired) electrons. The van der Waals surface area contributed by atoms with Gasteiger partial charge in [0.2, 0.25) is 0 Å². The van der Waals surface area contributed by atoms with E-state index in [9.17, 15) is 13.2 Å². The largest absolute Gasteiger partial charge is 0.298 e. The monoisotopic (exact) mass is 412 g/mol. The summed E-state index contributed by atoms with van der Waals surface area (Å²) in [7, 11) is -3.65. The van der Waals surface area contributed by atoms with Crippen LogP contribution >= 0.6 is 0 Å². The number of carbonyl (C=O) groups excluding carboxylic acids is 1. The number of piperidine rings is 1. The Kier molecular flexibility index (Phi) is 6.01. The van der Waals surface area contributed by atoms with Crippen LogP contribution < -0.4 is 4.72 Å². The molecule has 2 aromatic rings. The molecule has 0 aromatic heterocycles. The number of ketones is 1. The Morgan fingerprint density at radius 3 is 2.28 bits per heavy atom. The lowest BCUT2D eigenvalue weighted by Gasteiger charge is -2.38. The van der Waals surface area contributed by atoms with E-state index < -0.39 is 10.0 Å². The predicted molar refractivity (Wildman–Crippen MR) is 115 cm³/mol. The number of hydrogen-bond donors (Lipinski definition) is 1. The van der Waals surface area contributed by atoms with Gasteiger partial charge in [0.05, 0.1) is 10.9 Å². The molecule has 154 valence electrons. The maximum atomic E-state index is 13.1. The van der Waals surface area contributed by atoms with Gasteiger partial charge in [-0.1, -0.05) is 42.8 Å². The Morgan fingerprint density at radius 2 is 1.55 bits per heavy atom. The third-order valence-corrected chi connectivity index (χ3v) is 7.62. The van der Waals surface area contributed by atoms with Crippen LogP contribution in [0.15, 0.2) is 59.5 Å². The maximum absolute atomic E-state index is 13.1. The summed E-state index contributed by atoms with van der Waals surface area (Å²) in [6, 6.07) is 16.4. The summed E-state index contributed by atoms with van der Waals surface area (Å²) in [6.45, 7) is 1.70. The van der Waals surface area contributed by atoms with Gasteiger partial charge in [-0.3, -0.25) is 14.4 Å². The normalized spacial score (nSPS) is 21.8. The highest BCUT2D eigenvalue weighted by Crippen LogP contribution is 2.34.